The molecule has 4 heteroatoms. The van der Waals surface area contributed by atoms with E-state index in [1.165, 1.54) is 10.9 Å². The first-order valence-corrected chi connectivity index (χ1v) is 3.84. The number of rotatable bonds is 2. The van der Waals surface area contributed by atoms with Gasteiger partial charge in [-0.15, -0.1) is 6.42 Å². The summed E-state index contributed by atoms with van der Waals surface area (Å²) in [7, 11) is 1.60. The molecule has 1 aromatic heterocycles. The molecular formula is C9H10F2N2. The lowest BCUT2D eigenvalue weighted by molar-refractivity contribution is 0.144. The quantitative estimate of drug-likeness (QED) is 0.643. The number of aryl methyl sites for hydroxylation is 1. The van der Waals surface area contributed by atoms with Crippen LogP contribution in [0.25, 0.3) is 0 Å². The average Bonchev–Trinajstić information content (AvgIpc) is 2.46. The summed E-state index contributed by atoms with van der Waals surface area (Å²) in [5.41, 5.74) is 0.216. The molecule has 0 saturated carbocycles. The van der Waals surface area contributed by atoms with E-state index in [2.05, 4.69) is 11.0 Å². The highest BCUT2D eigenvalue weighted by Crippen LogP contribution is 2.26. The first-order chi connectivity index (χ1) is 6.06. The molecule has 1 heterocycles. The number of aromatic nitrogens is 2. The maximum atomic E-state index is 12.4. The first-order valence-electron chi connectivity index (χ1n) is 3.84. The number of terminal acetylenes is 1. The Hall–Kier alpha value is -1.37. The molecule has 1 aromatic rings. The highest BCUT2D eigenvalue weighted by molar-refractivity contribution is 5.28. The zero-order chi connectivity index (χ0) is 10.0. The monoisotopic (exact) mass is 184 g/mol. The molecule has 0 aromatic carbocycles. The van der Waals surface area contributed by atoms with Gasteiger partial charge < -0.3 is 0 Å². The minimum atomic E-state index is -2.56. The lowest BCUT2D eigenvalue weighted by Crippen LogP contribution is -1.95. The second kappa shape index (κ2) is 3.56. The minimum Gasteiger partial charge on any atom is -0.275 e. The molecule has 13 heavy (non-hydrogen) atoms. The van der Waals surface area contributed by atoms with Gasteiger partial charge in [0.15, 0.2) is 0 Å². The fourth-order valence-electron chi connectivity index (χ4n) is 1.12. The predicted molar refractivity (Wildman–Crippen MR) is 45.4 cm³/mol. The van der Waals surface area contributed by atoms with Crippen LogP contribution in [0.3, 0.4) is 0 Å². The molecule has 1 unspecified atom stereocenters. The SMILES string of the molecule is C#CC(C)c1cn(C)nc1C(F)F. The van der Waals surface area contributed by atoms with Gasteiger partial charge in [-0.3, -0.25) is 4.68 Å². The smallest absolute Gasteiger partial charge is 0.275 e. The highest BCUT2D eigenvalue weighted by atomic mass is 19.3. The number of alkyl halides is 2. The fourth-order valence-corrected chi connectivity index (χ4v) is 1.12. The van der Waals surface area contributed by atoms with Crippen LogP contribution in [0.1, 0.15) is 30.5 Å². The van der Waals surface area contributed by atoms with Crippen molar-refractivity contribution in [2.24, 2.45) is 7.05 Å². The van der Waals surface area contributed by atoms with Gasteiger partial charge in [0, 0.05) is 24.7 Å². The van der Waals surface area contributed by atoms with Crippen molar-refractivity contribution in [1.29, 1.82) is 0 Å². The van der Waals surface area contributed by atoms with Crippen LogP contribution in [-0.2, 0) is 7.05 Å². The third kappa shape index (κ3) is 1.86. The summed E-state index contributed by atoms with van der Waals surface area (Å²) in [6.07, 6.45) is 4.12. The van der Waals surface area contributed by atoms with Crippen molar-refractivity contribution in [2.45, 2.75) is 19.3 Å². The maximum Gasteiger partial charge on any atom is 0.282 e. The van der Waals surface area contributed by atoms with E-state index in [9.17, 15) is 8.78 Å². The van der Waals surface area contributed by atoms with Crippen molar-refractivity contribution in [2.75, 3.05) is 0 Å². The third-order valence-electron chi connectivity index (χ3n) is 1.81. The Kier molecular flexibility index (Phi) is 2.66. The predicted octanol–water partition coefficient (Wildman–Crippen LogP) is 2.09. The molecule has 0 bridgehead atoms. The normalized spacial score (nSPS) is 12.9. The first kappa shape index (κ1) is 9.72. The molecule has 0 aliphatic heterocycles. The average molecular weight is 184 g/mol. The van der Waals surface area contributed by atoms with Crippen LogP contribution in [0.5, 0.6) is 0 Å². The highest BCUT2D eigenvalue weighted by Gasteiger charge is 2.20. The number of hydrogen-bond donors (Lipinski definition) is 0. The largest absolute Gasteiger partial charge is 0.282 e. The van der Waals surface area contributed by atoms with Gasteiger partial charge in [0.1, 0.15) is 5.69 Å². The summed E-state index contributed by atoms with van der Waals surface area (Å²) in [5.74, 6) is 2.08. The molecule has 0 aliphatic carbocycles. The second-order valence-electron chi connectivity index (χ2n) is 2.83. The zero-order valence-corrected chi connectivity index (χ0v) is 7.46. The summed E-state index contributed by atoms with van der Waals surface area (Å²) in [5, 5.41) is 3.65. The van der Waals surface area contributed by atoms with E-state index >= 15 is 0 Å². The number of hydrogen-bond acceptors (Lipinski definition) is 1. The second-order valence-corrected chi connectivity index (χ2v) is 2.83. The molecule has 0 radical (unpaired) electrons. The molecule has 1 rings (SSSR count). The van der Waals surface area contributed by atoms with Gasteiger partial charge in [0.2, 0.25) is 0 Å². The van der Waals surface area contributed by atoms with Crippen molar-refractivity contribution in [3.8, 4) is 12.3 Å². The summed E-state index contributed by atoms with van der Waals surface area (Å²) in [4.78, 5) is 0. The molecule has 0 fully saturated rings. The minimum absolute atomic E-state index is 0.215. The summed E-state index contributed by atoms with van der Waals surface area (Å²) in [6.45, 7) is 1.70. The van der Waals surface area contributed by atoms with Crippen LogP contribution in [0.15, 0.2) is 6.20 Å². The van der Waals surface area contributed by atoms with Crippen LogP contribution in [0, 0.1) is 12.3 Å². The van der Waals surface area contributed by atoms with Crippen molar-refractivity contribution in [3.63, 3.8) is 0 Å². The molecule has 1 atom stereocenters. The Morgan fingerprint density at radius 3 is 2.69 bits per heavy atom. The fraction of sp³-hybridized carbons (Fsp3) is 0.444. The van der Waals surface area contributed by atoms with Gasteiger partial charge in [-0.1, -0.05) is 5.92 Å². The number of nitrogens with zero attached hydrogens (tertiary/aromatic N) is 2. The van der Waals surface area contributed by atoms with E-state index in [1.54, 1.807) is 14.0 Å². The van der Waals surface area contributed by atoms with Gasteiger partial charge in [-0.2, -0.15) is 5.10 Å². The Labute approximate surface area is 75.6 Å². The lowest BCUT2D eigenvalue weighted by Gasteiger charge is -2.02. The lowest BCUT2D eigenvalue weighted by atomic mass is 10.0. The zero-order valence-electron chi connectivity index (χ0n) is 7.46. The van der Waals surface area contributed by atoms with E-state index in [0.29, 0.717) is 5.56 Å². The van der Waals surface area contributed by atoms with E-state index in [1.807, 2.05) is 0 Å². The molecule has 0 aliphatic rings. The molecule has 2 nitrogen and oxygen atoms in total. The molecule has 0 N–H and O–H groups in total. The van der Waals surface area contributed by atoms with Crippen LogP contribution < -0.4 is 0 Å². The molecular weight excluding hydrogens is 174 g/mol. The van der Waals surface area contributed by atoms with Crippen LogP contribution in [-0.4, -0.2) is 9.78 Å². The molecule has 0 amide bonds. The van der Waals surface area contributed by atoms with E-state index in [4.69, 9.17) is 6.42 Å². The topological polar surface area (TPSA) is 17.8 Å². The Balaban J connectivity index is 3.13. The van der Waals surface area contributed by atoms with Crippen LogP contribution in [0.4, 0.5) is 8.78 Å². The van der Waals surface area contributed by atoms with Gasteiger partial charge >= 0.3 is 0 Å². The summed E-state index contributed by atoms with van der Waals surface area (Å²) < 4.78 is 26.1. The summed E-state index contributed by atoms with van der Waals surface area (Å²) in [6, 6.07) is 0. The van der Waals surface area contributed by atoms with Crippen molar-refractivity contribution in [1.82, 2.24) is 9.78 Å². The van der Waals surface area contributed by atoms with Gasteiger partial charge in [-0.05, 0) is 6.92 Å². The molecule has 70 valence electrons. The Morgan fingerprint density at radius 1 is 1.62 bits per heavy atom. The van der Waals surface area contributed by atoms with Gasteiger partial charge in [0.25, 0.3) is 6.43 Å². The van der Waals surface area contributed by atoms with Crippen molar-refractivity contribution >= 4 is 0 Å². The Morgan fingerprint density at radius 2 is 2.23 bits per heavy atom. The van der Waals surface area contributed by atoms with Crippen LogP contribution in [0.2, 0.25) is 0 Å². The standard InChI is InChI=1S/C9H10F2N2/c1-4-6(2)7-5-13(3)12-8(7)9(10)11/h1,5-6,9H,2-3H3. The molecule has 0 spiro atoms. The number of halogens is 2. The van der Waals surface area contributed by atoms with Crippen molar-refractivity contribution < 1.29 is 8.78 Å². The molecule has 0 saturated heterocycles. The van der Waals surface area contributed by atoms with E-state index in [-0.39, 0.29) is 11.6 Å². The van der Waals surface area contributed by atoms with E-state index in [0.717, 1.165) is 0 Å². The van der Waals surface area contributed by atoms with Crippen LogP contribution >= 0.6 is 0 Å². The Bertz CT molecular complexity index is 336. The van der Waals surface area contributed by atoms with Crippen molar-refractivity contribution in [3.05, 3.63) is 17.5 Å². The van der Waals surface area contributed by atoms with Gasteiger partial charge in [0.05, 0.1) is 0 Å². The maximum absolute atomic E-state index is 12.4. The summed E-state index contributed by atoms with van der Waals surface area (Å²) >= 11 is 0. The van der Waals surface area contributed by atoms with E-state index < -0.39 is 6.43 Å². The van der Waals surface area contributed by atoms with Gasteiger partial charge in [-0.25, -0.2) is 8.78 Å². The third-order valence-corrected chi connectivity index (χ3v) is 1.81.